The molecule has 1 aliphatic carbocycles. The zero-order chi connectivity index (χ0) is 22.0. The molecule has 6 heteroatoms. The van der Waals surface area contributed by atoms with Crippen LogP contribution >= 0.6 is 11.6 Å². The van der Waals surface area contributed by atoms with Gasteiger partial charge >= 0.3 is 0 Å². The van der Waals surface area contributed by atoms with Crippen LogP contribution < -0.4 is 5.32 Å². The molecule has 0 aliphatic heterocycles. The Labute approximate surface area is 188 Å². The number of phenolic OH excluding ortho intramolecular Hbond substituents is 1. The first kappa shape index (κ1) is 21.8. The minimum absolute atomic E-state index is 0.00356. The second-order valence-electron chi connectivity index (χ2n) is 8.17. The summed E-state index contributed by atoms with van der Waals surface area (Å²) in [7, 11) is 0. The van der Waals surface area contributed by atoms with Gasteiger partial charge in [0.2, 0.25) is 0 Å². The van der Waals surface area contributed by atoms with Gasteiger partial charge in [-0.25, -0.2) is 4.39 Å². The maximum atomic E-state index is 14.0. The van der Waals surface area contributed by atoms with Crippen LogP contribution in [0.1, 0.15) is 39.5 Å². The molecule has 1 heterocycles. The summed E-state index contributed by atoms with van der Waals surface area (Å²) in [5.41, 5.74) is 3.19. The minimum Gasteiger partial charge on any atom is -0.504 e. The van der Waals surface area contributed by atoms with Crippen molar-refractivity contribution in [3.8, 4) is 16.9 Å². The van der Waals surface area contributed by atoms with Crippen molar-refractivity contribution in [2.24, 2.45) is 0 Å². The smallest absolute Gasteiger partial charge is 0.170 e. The predicted molar refractivity (Wildman–Crippen MR) is 125 cm³/mol. The Morgan fingerprint density at radius 3 is 2.55 bits per heavy atom. The number of hydrogen-bond acceptors (Lipinski definition) is 4. The van der Waals surface area contributed by atoms with Crippen LogP contribution in [0.25, 0.3) is 22.0 Å². The van der Waals surface area contributed by atoms with E-state index in [4.69, 9.17) is 11.6 Å². The van der Waals surface area contributed by atoms with E-state index in [2.05, 4.69) is 35.1 Å². The number of phenols is 1. The van der Waals surface area contributed by atoms with Crippen LogP contribution in [0.5, 0.6) is 5.75 Å². The third-order valence-corrected chi connectivity index (χ3v) is 6.69. The number of halogens is 2. The first-order valence-electron chi connectivity index (χ1n) is 11.0. The van der Waals surface area contributed by atoms with Crippen molar-refractivity contribution in [2.45, 2.75) is 51.6 Å². The lowest BCUT2D eigenvalue weighted by molar-refractivity contribution is 0.167. The van der Waals surface area contributed by atoms with Crippen LogP contribution in [0.4, 0.5) is 10.1 Å². The van der Waals surface area contributed by atoms with Crippen LogP contribution in [0, 0.1) is 11.9 Å². The number of rotatable bonds is 6. The van der Waals surface area contributed by atoms with Gasteiger partial charge in [0.25, 0.3) is 0 Å². The van der Waals surface area contributed by atoms with Crippen molar-refractivity contribution >= 4 is 28.2 Å². The molecular weight excluding hydrogens is 413 g/mol. The number of aromatic nitrogens is 1. The Morgan fingerprint density at radius 1 is 1.13 bits per heavy atom. The van der Waals surface area contributed by atoms with E-state index >= 15 is 0 Å². The molecule has 1 radical (unpaired) electrons. The van der Waals surface area contributed by atoms with Gasteiger partial charge in [0.15, 0.2) is 11.6 Å². The maximum Gasteiger partial charge on any atom is 0.170 e. The Bertz CT molecular complexity index is 1040. The number of pyridine rings is 1. The lowest BCUT2D eigenvalue weighted by Crippen LogP contribution is -2.40. The van der Waals surface area contributed by atoms with Gasteiger partial charge in [-0.05, 0) is 74.2 Å². The summed E-state index contributed by atoms with van der Waals surface area (Å²) in [6.07, 6.45) is 6.33. The standard InChI is InChI=1S/C25H28ClFN3O/c1-3-30(4-2)19-8-6-18(7-9-19)29-24-11-12-28-23-10-5-16(13-20(23)24)17-14-21(26)25(31)22(27)15-17/h5,10,12-15,18-19,31H,3-4,6-9H2,1-2H3,(H,28,29). The van der Waals surface area contributed by atoms with Crippen molar-refractivity contribution in [3.05, 3.63) is 53.4 Å². The molecular formula is C25H28ClFN3O. The van der Waals surface area contributed by atoms with E-state index in [1.807, 2.05) is 18.2 Å². The fraction of sp³-hybridized carbons (Fsp3) is 0.400. The molecule has 0 saturated heterocycles. The summed E-state index contributed by atoms with van der Waals surface area (Å²) >= 11 is 5.98. The molecule has 1 aliphatic rings. The Balaban J connectivity index is 1.57. The highest BCUT2D eigenvalue weighted by Crippen LogP contribution is 2.35. The molecule has 2 aromatic carbocycles. The third-order valence-electron chi connectivity index (χ3n) is 6.40. The van der Waals surface area contributed by atoms with Gasteiger partial charge in [-0.2, -0.15) is 0 Å². The highest BCUT2D eigenvalue weighted by atomic mass is 35.5. The van der Waals surface area contributed by atoms with Crippen molar-refractivity contribution in [2.75, 3.05) is 18.4 Å². The molecule has 0 unspecified atom stereocenters. The minimum atomic E-state index is -0.733. The number of anilines is 1. The molecule has 31 heavy (non-hydrogen) atoms. The van der Waals surface area contributed by atoms with Gasteiger partial charge in [0.05, 0.1) is 16.2 Å². The van der Waals surface area contributed by atoms with E-state index < -0.39 is 11.6 Å². The second-order valence-corrected chi connectivity index (χ2v) is 8.58. The van der Waals surface area contributed by atoms with Gasteiger partial charge in [0.1, 0.15) is 0 Å². The van der Waals surface area contributed by atoms with Crippen molar-refractivity contribution in [1.82, 2.24) is 9.88 Å². The molecule has 0 atom stereocenters. The number of fused-ring (bicyclic) bond motifs is 1. The number of nitrogens with zero attached hydrogens (tertiary/aromatic N) is 2. The quantitative estimate of drug-likeness (QED) is 0.474. The van der Waals surface area contributed by atoms with E-state index in [9.17, 15) is 9.50 Å². The SMILES string of the molecule is CCN(CC)C1CCC(Nc2[c]cnc3ccc(-c4cc(F)c(O)c(Cl)c4)cc23)CC1. The largest absolute Gasteiger partial charge is 0.504 e. The van der Waals surface area contributed by atoms with Crippen LogP contribution in [0.3, 0.4) is 0 Å². The highest BCUT2D eigenvalue weighted by Gasteiger charge is 2.24. The van der Waals surface area contributed by atoms with E-state index in [1.54, 1.807) is 12.3 Å². The molecule has 1 saturated carbocycles. The summed E-state index contributed by atoms with van der Waals surface area (Å²) in [6.45, 7) is 6.67. The van der Waals surface area contributed by atoms with Crippen LogP contribution in [-0.2, 0) is 0 Å². The maximum absolute atomic E-state index is 14.0. The average Bonchev–Trinajstić information content (AvgIpc) is 2.79. The molecule has 0 amide bonds. The second kappa shape index (κ2) is 9.41. The summed E-state index contributed by atoms with van der Waals surface area (Å²) in [6, 6.07) is 13.0. The van der Waals surface area contributed by atoms with Crippen LogP contribution in [0.2, 0.25) is 5.02 Å². The Hall–Kier alpha value is -2.37. The van der Waals surface area contributed by atoms with Crippen LogP contribution in [-0.4, -0.2) is 40.2 Å². The number of aromatic hydroxyl groups is 1. The molecule has 0 spiro atoms. The van der Waals surface area contributed by atoms with E-state index in [0.717, 1.165) is 48.1 Å². The molecule has 3 aromatic rings. The van der Waals surface area contributed by atoms with Gasteiger partial charge in [-0.15, -0.1) is 0 Å². The Kier molecular flexibility index (Phi) is 6.63. The van der Waals surface area contributed by atoms with Gasteiger partial charge in [0, 0.05) is 29.7 Å². The highest BCUT2D eigenvalue weighted by molar-refractivity contribution is 6.32. The molecule has 0 bridgehead atoms. The topological polar surface area (TPSA) is 48.4 Å². The van der Waals surface area contributed by atoms with Gasteiger partial charge in [-0.3, -0.25) is 4.98 Å². The molecule has 1 aromatic heterocycles. The molecule has 1 fully saturated rings. The molecule has 4 rings (SSSR count). The zero-order valence-corrected chi connectivity index (χ0v) is 18.7. The van der Waals surface area contributed by atoms with Crippen molar-refractivity contribution in [1.29, 1.82) is 0 Å². The third kappa shape index (κ3) is 4.63. The lowest BCUT2D eigenvalue weighted by atomic mass is 9.89. The predicted octanol–water partition coefficient (Wildman–Crippen LogP) is 6.26. The number of benzene rings is 2. The molecule has 2 N–H and O–H groups in total. The number of hydrogen-bond donors (Lipinski definition) is 2. The summed E-state index contributed by atoms with van der Waals surface area (Å²) in [5.74, 6) is -1.26. The fourth-order valence-corrected chi connectivity index (χ4v) is 4.86. The summed E-state index contributed by atoms with van der Waals surface area (Å²) in [5, 5.41) is 14.2. The first-order valence-corrected chi connectivity index (χ1v) is 11.4. The number of nitrogens with one attached hydrogen (secondary N) is 1. The van der Waals surface area contributed by atoms with Crippen LogP contribution in [0.15, 0.2) is 36.5 Å². The van der Waals surface area contributed by atoms with Crippen molar-refractivity contribution < 1.29 is 9.50 Å². The van der Waals surface area contributed by atoms with E-state index in [1.165, 1.54) is 18.9 Å². The van der Waals surface area contributed by atoms with E-state index in [-0.39, 0.29) is 5.02 Å². The fourth-order valence-electron chi connectivity index (χ4n) is 4.65. The molecule has 163 valence electrons. The molecule has 4 nitrogen and oxygen atoms in total. The van der Waals surface area contributed by atoms with E-state index in [0.29, 0.717) is 17.6 Å². The average molecular weight is 441 g/mol. The monoisotopic (exact) mass is 440 g/mol. The normalized spacial score (nSPS) is 19.1. The lowest BCUT2D eigenvalue weighted by Gasteiger charge is -2.36. The first-order chi connectivity index (χ1) is 15.0. The van der Waals surface area contributed by atoms with Crippen molar-refractivity contribution in [3.63, 3.8) is 0 Å². The van der Waals surface area contributed by atoms with Gasteiger partial charge in [-0.1, -0.05) is 31.5 Å². The van der Waals surface area contributed by atoms with Gasteiger partial charge < -0.3 is 15.3 Å². The summed E-state index contributed by atoms with van der Waals surface area (Å²) < 4.78 is 14.0. The zero-order valence-electron chi connectivity index (χ0n) is 18.0. The summed E-state index contributed by atoms with van der Waals surface area (Å²) in [4.78, 5) is 6.99. The Morgan fingerprint density at radius 2 is 1.87 bits per heavy atom.